The van der Waals surface area contributed by atoms with Crippen molar-refractivity contribution in [2.45, 2.75) is 37.2 Å². The van der Waals surface area contributed by atoms with Crippen LogP contribution in [-0.2, 0) is 21.4 Å². The fraction of sp³-hybridized carbons (Fsp3) is 0.350. The summed E-state index contributed by atoms with van der Waals surface area (Å²) in [5.41, 5.74) is 1.60. The molecule has 2 aromatic carbocycles. The normalized spacial score (nSPS) is 17.6. The summed E-state index contributed by atoms with van der Waals surface area (Å²) in [5.74, 6) is 0.212. The molecule has 1 heterocycles. The Bertz CT molecular complexity index is 913. The molecule has 1 amide bonds. The number of hydrogen-bond donors (Lipinski definition) is 1. The molecule has 0 aliphatic carbocycles. The summed E-state index contributed by atoms with van der Waals surface area (Å²) in [7, 11) is -2.29. The molecule has 7 heteroatoms. The third-order valence-corrected chi connectivity index (χ3v) is 6.85. The molecule has 1 fully saturated rings. The number of ether oxygens (including phenoxy) is 1. The fourth-order valence-corrected chi connectivity index (χ4v) is 5.20. The lowest BCUT2D eigenvalue weighted by Gasteiger charge is -2.24. The zero-order valence-corrected chi connectivity index (χ0v) is 16.3. The van der Waals surface area contributed by atoms with Gasteiger partial charge in [0.05, 0.1) is 12.0 Å². The first-order valence-electron chi connectivity index (χ1n) is 8.91. The number of methoxy groups -OCH3 is 1. The van der Waals surface area contributed by atoms with E-state index in [2.05, 4.69) is 5.32 Å². The highest BCUT2D eigenvalue weighted by Gasteiger charge is 2.40. The number of carbonyl (C=O) groups is 1. The zero-order valence-electron chi connectivity index (χ0n) is 15.5. The van der Waals surface area contributed by atoms with E-state index < -0.39 is 16.1 Å². The van der Waals surface area contributed by atoms with E-state index in [4.69, 9.17) is 4.74 Å². The molecule has 1 saturated heterocycles. The maximum Gasteiger partial charge on any atom is 0.244 e. The van der Waals surface area contributed by atoms with Crippen molar-refractivity contribution in [1.82, 2.24) is 9.62 Å². The number of hydrogen-bond acceptors (Lipinski definition) is 4. The Morgan fingerprint density at radius 1 is 1.22 bits per heavy atom. The molecule has 0 saturated carbocycles. The average molecular weight is 388 g/mol. The van der Waals surface area contributed by atoms with Gasteiger partial charge in [0, 0.05) is 19.2 Å². The lowest BCUT2D eigenvalue weighted by molar-refractivity contribution is -0.124. The van der Waals surface area contributed by atoms with Gasteiger partial charge in [-0.15, -0.1) is 0 Å². The first-order chi connectivity index (χ1) is 12.9. The second kappa shape index (κ2) is 8.10. The number of nitrogens with one attached hydrogen (secondary N) is 1. The van der Waals surface area contributed by atoms with Crippen LogP contribution in [-0.4, -0.2) is 38.3 Å². The molecule has 1 N–H and O–H groups in total. The number of nitrogens with zero attached hydrogens (tertiary/aromatic N) is 1. The van der Waals surface area contributed by atoms with Crippen LogP contribution in [0.4, 0.5) is 0 Å². The van der Waals surface area contributed by atoms with Gasteiger partial charge in [0.25, 0.3) is 0 Å². The standard InChI is InChI=1S/C20H24N2O4S/c1-15-10-11-17(26-2)13-19(15)27(24,25)22-12-6-9-18(22)20(23)21-14-16-7-4-3-5-8-16/h3-5,7-8,10-11,13,18H,6,9,12,14H2,1-2H3,(H,21,23)/t18-/m0/s1. The Morgan fingerprint density at radius 2 is 1.96 bits per heavy atom. The summed E-state index contributed by atoms with van der Waals surface area (Å²) in [4.78, 5) is 12.9. The quantitative estimate of drug-likeness (QED) is 0.825. The SMILES string of the molecule is COc1ccc(C)c(S(=O)(=O)N2CCC[C@H]2C(=O)NCc2ccccc2)c1. The van der Waals surface area contributed by atoms with Gasteiger partial charge < -0.3 is 10.1 Å². The van der Waals surface area contributed by atoms with Gasteiger partial charge in [0.1, 0.15) is 11.8 Å². The highest BCUT2D eigenvalue weighted by atomic mass is 32.2. The molecule has 2 aromatic rings. The molecular weight excluding hydrogens is 364 g/mol. The van der Waals surface area contributed by atoms with Gasteiger partial charge in [-0.1, -0.05) is 36.4 Å². The van der Waals surface area contributed by atoms with Crippen molar-refractivity contribution >= 4 is 15.9 Å². The molecule has 0 bridgehead atoms. The van der Waals surface area contributed by atoms with Gasteiger partial charge in [-0.2, -0.15) is 4.31 Å². The van der Waals surface area contributed by atoms with Crippen molar-refractivity contribution < 1.29 is 17.9 Å². The lowest BCUT2D eigenvalue weighted by atomic mass is 10.2. The molecule has 144 valence electrons. The zero-order chi connectivity index (χ0) is 19.4. The lowest BCUT2D eigenvalue weighted by Crippen LogP contribution is -2.45. The molecular formula is C20H24N2O4S. The van der Waals surface area contributed by atoms with E-state index in [-0.39, 0.29) is 10.8 Å². The molecule has 3 rings (SSSR count). The Labute approximate surface area is 160 Å². The monoisotopic (exact) mass is 388 g/mol. The minimum absolute atomic E-state index is 0.185. The van der Waals surface area contributed by atoms with Crippen molar-refractivity contribution in [3.8, 4) is 5.75 Å². The molecule has 1 aliphatic heterocycles. The van der Waals surface area contributed by atoms with E-state index in [1.54, 1.807) is 19.1 Å². The molecule has 27 heavy (non-hydrogen) atoms. The molecule has 0 spiro atoms. The molecule has 1 aliphatic rings. The number of amides is 1. The minimum Gasteiger partial charge on any atom is -0.497 e. The van der Waals surface area contributed by atoms with Gasteiger partial charge in [-0.3, -0.25) is 4.79 Å². The van der Waals surface area contributed by atoms with E-state index in [0.29, 0.717) is 37.2 Å². The van der Waals surface area contributed by atoms with E-state index >= 15 is 0 Å². The van der Waals surface area contributed by atoms with Crippen LogP contribution in [0.1, 0.15) is 24.0 Å². The molecule has 1 atom stereocenters. The fourth-order valence-electron chi connectivity index (χ4n) is 3.30. The predicted octanol–water partition coefficient (Wildman–Crippen LogP) is 2.47. The summed E-state index contributed by atoms with van der Waals surface area (Å²) in [5, 5.41) is 2.86. The Morgan fingerprint density at radius 3 is 2.67 bits per heavy atom. The number of aryl methyl sites for hydroxylation is 1. The summed E-state index contributed by atoms with van der Waals surface area (Å²) in [6.07, 6.45) is 1.18. The Hall–Kier alpha value is -2.38. The largest absolute Gasteiger partial charge is 0.497 e. The van der Waals surface area contributed by atoms with E-state index in [9.17, 15) is 13.2 Å². The molecule has 0 unspecified atom stereocenters. The maximum absolute atomic E-state index is 13.2. The van der Waals surface area contributed by atoms with Gasteiger partial charge >= 0.3 is 0 Å². The topological polar surface area (TPSA) is 75.7 Å². The van der Waals surface area contributed by atoms with Crippen LogP contribution in [0.25, 0.3) is 0 Å². The van der Waals surface area contributed by atoms with Crippen LogP contribution in [0.5, 0.6) is 5.75 Å². The van der Waals surface area contributed by atoms with Crippen LogP contribution < -0.4 is 10.1 Å². The van der Waals surface area contributed by atoms with E-state index in [1.807, 2.05) is 30.3 Å². The van der Waals surface area contributed by atoms with Gasteiger partial charge in [0.15, 0.2) is 0 Å². The first-order valence-corrected chi connectivity index (χ1v) is 10.4. The number of rotatable bonds is 6. The van der Waals surface area contributed by atoms with Crippen LogP contribution in [0.3, 0.4) is 0 Å². The van der Waals surface area contributed by atoms with Gasteiger partial charge in [0.2, 0.25) is 15.9 Å². The highest BCUT2D eigenvalue weighted by molar-refractivity contribution is 7.89. The average Bonchev–Trinajstić information content (AvgIpc) is 3.18. The van der Waals surface area contributed by atoms with E-state index in [1.165, 1.54) is 17.5 Å². The predicted molar refractivity (Wildman–Crippen MR) is 103 cm³/mol. The minimum atomic E-state index is -3.79. The second-order valence-electron chi connectivity index (χ2n) is 6.61. The van der Waals surface area contributed by atoms with Crippen LogP contribution in [0.15, 0.2) is 53.4 Å². The number of carbonyl (C=O) groups excluding carboxylic acids is 1. The molecule has 0 radical (unpaired) electrons. The van der Waals surface area contributed by atoms with Crippen molar-refractivity contribution in [2.24, 2.45) is 0 Å². The van der Waals surface area contributed by atoms with Crippen molar-refractivity contribution in [1.29, 1.82) is 0 Å². The number of benzene rings is 2. The molecule has 6 nitrogen and oxygen atoms in total. The third-order valence-electron chi connectivity index (χ3n) is 4.80. The second-order valence-corrected chi connectivity index (χ2v) is 8.47. The smallest absolute Gasteiger partial charge is 0.244 e. The Balaban J connectivity index is 1.79. The molecule has 0 aromatic heterocycles. The van der Waals surface area contributed by atoms with E-state index in [0.717, 1.165) is 5.56 Å². The Kier molecular flexibility index (Phi) is 5.82. The van der Waals surface area contributed by atoms with Crippen LogP contribution in [0, 0.1) is 6.92 Å². The summed E-state index contributed by atoms with van der Waals surface area (Å²) >= 11 is 0. The van der Waals surface area contributed by atoms with Crippen LogP contribution in [0.2, 0.25) is 0 Å². The van der Waals surface area contributed by atoms with Gasteiger partial charge in [-0.25, -0.2) is 8.42 Å². The van der Waals surface area contributed by atoms with Crippen LogP contribution >= 0.6 is 0 Å². The highest BCUT2D eigenvalue weighted by Crippen LogP contribution is 2.30. The van der Waals surface area contributed by atoms with Crippen molar-refractivity contribution in [3.63, 3.8) is 0 Å². The maximum atomic E-state index is 13.2. The summed E-state index contributed by atoms with van der Waals surface area (Å²) in [6, 6.07) is 13.8. The van der Waals surface area contributed by atoms with Gasteiger partial charge in [-0.05, 0) is 37.0 Å². The third kappa shape index (κ3) is 4.14. The van der Waals surface area contributed by atoms with Crippen molar-refractivity contribution in [2.75, 3.05) is 13.7 Å². The summed E-state index contributed by atoms with van der Waals surface area (Å²) in [6.45, 7) is 2.46. The summed E-state index contributed by atoms with van der Waals surface area (Å²) < 4.78 is 32.9. The number of sulfonamides is 1. The first kappa shape index (κ1) is 19.4. The van der Waals surface area contributed by atoms with Crippen molar-refractivity contribution in [3.05, 3.63) is 59.7 Å².